The summed E-state index contributed by atoms with van der Waals surface area (Å²) in [4.78, 5) is 14.6. The van der Waals surface area contributed by atoms with Crippen LogP contribution in [0.3, 0.4) is 0 Å². The van der Waals surface area contributed by atoms with Gasteiger partial charge in [-0.15, -0.1) is 0 Å². The lowest BCUT2D eigenvalue weighted by Gasteiger charge is -2.05. The fourth-order valence-corrected chi connectivity index (χ4v) is 0.595. The van der Waals surface area contributed by atoms with Crippen molar-refractivity contribution < 1.29 is 14.1 Å². The van der Waals surface area contributed by atoms with Crippen LogP contribution in [0, 0.1) is 5.92 Å². The molecule has 1 aromatic heterocycles. The van der Waals surface area contributed by atoms with E-state index in [1.165, 1.54) is 0 Å². The normalized spacial score (nSPS) is 10.1. The van der Waals surface area contributed by atoms with E-state index in [1.807, 2.05) is 13.8 Å². The molecule has 0 radical (unpaired) electrons. The minimum absolute atomic E-state index is 0.105. The van der Waals surface area contributed by atoms with E-state index in [9.17, 15) is 4.79 Å². The second-order valence-corrected chi connectivity index (χ2v) is 2.87. The van der Waals surface area contributed by atoms with Gasteiger partial charge in [0.15, 0.2) is 0 Å². The first-order valence-corrected chi connectivity index (χ1v) is 3.88. The highest BCUT2D eigenvalue weighted by atomic mass is 16.5. The molecule has 0 bridgehead atoms. The van der Waals surface area contributed by atoms with Crippen LogP contribution < -0.4 is 5.32 Å². The molecule has 6 nitrogen and oxygen atoms in total. The Bertz CT molecular complexity index is 258. The number of amides is 1. The largest absolute Gasteiger partial charge is 0.449 e. The second kappa shape index (κ2) is 4.44. The number of rotatable bonds is 3. The van der Waals surface area contributed by atoms with Gasteiger partial charge in [0.2, 0.25) is 6.39 Å². The summed E-state index contributed by atoms with van der Waals surface area (Å²) >= 11 is 0. The molecule has 0 saturated heterocycles. The predicted octanol–water partition coefficient (Wildman–Crippen LogP) is 1.27. The van der Waals surface area contributed by atoms with Gasteiger partial charge < -0.3 is 9.26 Å². The quantitative estimate of drug-likeness (QED) is 0.767. The first kappa shape index (κ1) is 9.50. The molecule has 1 aromatic rings. The highest BCUT2D eigenvalue weighted by Crippen LogP contribution is 1.98. The van der Waals surface area contributed by atoms with Gasteiger partial charge in [0.1, 0.15) is 0 Å². The Morgan fingerprint density at radius 2 is 2.54 bits per heavy atom. The molecule has 0 saturated carbocycles. The summed E-state index contributed by atoms with van der Waals surface area (Å²) in [5, 5.41) is 5.69. The van der Waals surface area contributed by atoms with E-state index >= 15 is 0 Å². The lowest BCUT2D eigenvalue weighted by Crippen LogP contribution is -2.17. The molecule has 0 aliphatic carbocycles. The van der Waals surface area contributed by atoms with Gasteiger partial charge in [-0.25, -0.2) is 4.79 Å². The third-order valence-corrected chi connectivity index (χ3v) is 1.12. The van der Waals surface area contributed by atoms with Crippen molar-refractivity contribution in [1.29, 1.82) is 0 Å². The summed E-state index contributed by atoms with van der Waals surface area (Å²) in [6.07, 6.45) is 0.549. The third kappa shape index (κ3) is 3.55. The summed E-state index contributed by atoms with van der Waals surface area (Å²) in [6, 6.07) is 0. The van der Waals surface area contributed by atoms with Crippen LogP contribution >= 0.6 is 0 Å². The Morgan fingerprint density at radius 1 is 1.77 bits per heavy atom. The molecule has 0 spiro atoms. The number of anilines is 1. The maximum absolute atomic E-state index is 11.0. The van der Waals surface area contributed by atoms with Crippen molar-refractivity contribution in [2.75, 3.05) is 11.9 Å². The lowest BCUT2D eigenvalue weighted by molar-refractivity contribution is 0.147. The average Bonchev–Trinajstić information content (AvgIpc) is 2.53. The zero-order valence-corrected chi connectivity index (χ0v) is 7.48. The molecule has 0 atom stereocenters. The minimum atomic E-state index is -0.574. The molecular weight excluding hydrogens is 174 g/mol. The standard InChI is InChI=1S/C7H11N3O3/c1-5(2)3-12-7(11)9-6-8-4-13-10-6/h4-5H,3H2,1-2H3,(H,9,10,11). The first-order chi connectivity index (χ1) is 6.18. The van der Waals surface area contributed by atoms with Crippen molar-refractivity contribution in [2.45, 2.75) is 13.8 Å². The van der Waals surface area contributed by atoms with E-state index in [-0.39, 0.29) is 5.95 Å². The molecule has 6 heteroatoms. The third-order valence-electron chi connectivity index (χ3n) is 1.12. The average molecular weight is 185 g/mol. The zero-order valence-electron chi connectivity index (χ0n) is 7.48. The highest BCUT2D eigenvalue weighted by Gasteiger charge is 2.06. The minimum Gasteiger partial charge on any atom is -0.449 e. The Morgan fingerprint density at radius 3 is 3.08 bits per heavy atom. The van der Waals surface area contributed by atoms with E-state index in [4.69, 9.17) is 4.74 Å². The molecule has 0 fully saturated rings. The van der Waals surface area contributed by atoms with Gasteiger partial charge in [-0.1, -0.05) is 13.8 Å². The van der Waals surface area contributed by atoms with Gasteiger partial charge in [0.25, 0.3) is 5.95 Å². The summed E-state index contributed by atoms with van der Waals surface area (Å²) in [5.41, 5.74) is 0. The molecule has 1 rings (SSSR count). The van der Waals surface area contributed by atoms with E-state index < -0.39 is 6.09 Å². The van der Waals surface area contributed by atoms with Crippen molar-refractivity contribution in [3.63, 3.8) is 0 Å². The monoisotopic (exact) mass is 185 g/mol. The van der Waals surface area contributed by atoms with Crippen LogP contribution in [0.4, 0.5) is 10.7 Å². The second-order valence-electron chi connectivity index (χ2n) is 2.87. The van der Waals surface area contributed by atoms with Crippen molar-refractivity contribution in [3.8, 4) is 0 Å². The molecule has 0 unspecified atom stereocenters. The Kier molecular flexibility index (Phi) is 3.24. The van der Waals surface area contributed by atoms with E-state index in [0.717, 1.165) is 6.39 Å². The number of ether oxygens (including phenoxy) is 1. The Hall–Kier alpha value is -1.59. The number of carbonyl (C=O) groups is 1. The van der Waals surface area contributed by atoms with Crippen LogP contribution in [0.5, 0.6) is 0 Å². The van der Waals surface area contributed by atoms with Crippen LogP contribution in [0.25, 0.3) is 0 Å². The summed E-state index contributed by atoms with van der Waals surface area (Å²) in [6.45, 7) is 4.26. The van der Waals surface area contributed by atoms with E-state index in [1.54, 1.807) is 0 Å². The molecule has 0 aliphatic heterocycles. The summed E-state index contributed by atoms with van der Waals surface area (Å²) < 4.78 is 9.21. The smallest absolute Gasteiger partial charge is 0.414 e. The number of nitrogens with zero attached hydrogens (tertiary/aromatic N) is 2. The van der Waals surface area contributed by atoms with Gasteiger partial charge in [-0.3, -0.25) is 5.32 Å². The first-order valence-electron chi connectivity index (χ1n) is 3.88. The molecule has 1 N–H and O–H groups in total. The van der Waals surface area contributed by atoms with Crippen LogP contribution in [-0.2, 0) is 4.74 Å². The maximum Gasteiger partial charge on any atom is 0.414 e. The van der Waals surface area contributed by atoms with Crippen molar-refractivity contribution in [2.24, 2.45) is 5.92 Å². The molecular formula is C7H11N3O3. The molecule has 1 heterocycles. The maximum atomic E-state index is 11.0. The Labute approximate surface area is 75.3 Å². The highest BCUT2D eigenvalue weighted by molar-refractivity contribution is 5.81. The topological polar surface area (TPSA) is 77.2 Å². The SMILES string of the molecule is CC(C)COC(=O)Nc1ncon1. The number of hydrogen-bond acceptors (Lipinski definition) is 5. The van der Waals surface area contributed by atoms with Gasteiger partial charge in [-0.2, -0.15) is 4.98 Å². The number of carbonyl (C=O) groups excluding carboxylic acids is 1. The van der Waals surface area contributed by atoms with Gasteiger partial charge >= 0.3 is 6.09 Å². The van der Waals surface area contributed by atoms with E-state index in [2.05, 4.69) is 20.0 Å². The molecule has 0 aliphatic rings. The van der Waals surface area contributed by atoms with Crippen molar-refractivity contribution >= 4 is 12.0 Å². The fourth-order valence-electron chi connectivity index (χ4n) is 0.595. The number of aromatic nitrogens is 2. The Balaban J connectivity index is 2.26. The van der Waals surface area contributed by atoms with Crippen molar-refractivity contribution in [1.82, 2.24) is 10.1 Å². The lowest BCUT2D eigenvalue weighted by atomic mass is 10.2. The summed E-state index contributed by atoms with van der Waals surface area (Å²) in [5.74, 6) is 0.407. The van der Waals surface area contributed by atoms with E-state index in [0.29, 0.717) is 12.5 Å². The molecule has 13 heavy (non-hydrogen) atoms. The van der Waals surface area contributed by atoms with Crippen LogP contribution in [0.1, 0.15) is 13.8 Å². The molecule has 72 valence electrons. The number of nitrogens with one attached hydrogen (secondary N) is 1. The fraction of sp³-hybridized carbons (Fsp3) is 0.571. The van der Waals surface area contributed by atoms with Gasteiger partial charge in [0, 0.05) is 0 Å². The van der Waals surface area contributed by atoms with Gasteiger partial charge in [-0.05, 0) is 11.1 Å². The summed E-state index contributed by atoms with van der Waals surface area (Å²) in [7, 11) is 0. The zero-order chi connectivity index (χ0) is 9.68. The van der Waals surface area contributed by atoms with Crippen molar-refractivity contribution in [3.05, 3.63) is 6.39 Å². The number of hydrogen-bond donors (Lipinski definition) is 1. The molecule has 0 aromatic carbocycles. The molecule has 1 amide bonds. The van der Waals surface area contributed by atoms with Crippen LogP contribution in [0.2, 0.25) is 0 Å². The predicted molar refractivity (Wildman–Crippen MR) is 44.1 cm³/mol. The van der Waals surface area contributed by atoms with Gasteiger partial charge in [0.05, 0.1) is 6.61 Å². The van der Waals surface area contributed by atoms with Crippen LogP contribution in [0.15, 0.2) is 10.9 Å². The van der Waals surface area contributed by atoms with Crippen LogP contribution in [-0.4, -0.2) is 22.8 Å².